The zero-order valence-corrected chi connectivity index (χ0v) is 20.9. The zero-order chi connectivity index (χ0) is 23.7. The molecule has 174 valence electrons. The molecule has 0 amide bonds. The maximum Gasteiger partial charge on any atom is 0.272 e. The van der Waals surface area contributed by atoms with E-state index in [1.807, 2.05) is 58.3 Å². The fraction of sp³-hybridized carbons (Fsp3) is 0.208. The largest absolute Gasteiger partial charge is 0.493 e. The molecule has 0 aliphatic rings. The number of ether oxygens (including phenoxy) is 2. The smallest absolute Gasteiger partial charge is 0.272 e. The van der Waals surface area contributed by atoms with Crippen LogP contribution in [0.15, 0.2) is 63.9 Å². The molecule has 0 spiro atoms. The number of halogens is 1. The van der Waals surface area contributed by atoms with Crippen molar-refractivity contribution in [2.45, 2.75) is 23.9 Å². The number of methoxy groups -OCH3 is 2. The van der Waals surface area contributed by atoms with E-state index in [1.165, 1.54) is 11.3 Å². The maximum absolute atomic E-state index is 13.3. The number of thioether (sulfide) groups is 1. The number of nitrogens with zero attached hydrogens (tertiary/aromatic N) is 4. The van der Waals surface area contributed by atoms with Gasteiger partial charge in [0.05, 0.1) is 19.7 Å². The molecule has 0 aliphatic heterocycles. The molecule has 5 aromatic rings. The SMILES string of the molecule is COc1ccc(CCn2c(=O)c3sccc3n3c(SCc4ccc(Cl)cc4)nnc23)cc1OC. The van der Waals surface area contributed by atoms with Gasteiger partial charge in [-0.15, -0.1) is 21.5 Å². The highest BCUT2D eigenvalue weighted by molar-refractivity contribution is 7.98. The quantitative estimate of drug-likeness (QED) is 0.262. The topological polar surface area (TPSA) is 70.7 Å². The van der Waals surface area contributed by atoms with Gasteiger partial charge in [-0.25, -0.2) is 0 Å². The third-order valence-electron chi connectivity index (χ3n) is 5.54. The lowest BCUT2D eigenvalue weighted by Gasteiger charge is -2.11. The average Bonchev–Trinajstić information content (AvgIpc) is 3.51. The van der Waals surface area contributed by atoms with Crippen LogP contribution in [-0.2, 0) is 18.7 Å². The lowest BCUT2D eigenvalue weighted by atomic mass is 10.1. The van der Waals surface area contributed by atoms with E-state index in [1.54, 1.807) is 30.5 Å². The summed E-state index contributed by atoms with van der Waals surface area (Å²) >= 11 is 9.01. The van der Waals surface area contributed by atoms with Crippen molar-refractivity contribution in [3.63, 3.8) is 0 Å². The van der Waals surface area contributed by atoms with Crippen LogP contribution in [0.5, 0.6) is 11.5 Å². The van der Waals surface area contributed by atoms with Crippen LogP contribution in [-0.4, -0.2) is 33.4 Å². The number of aromatic nitrogens is 4. The van der Waals surface area contributed by atoms with Crippen molar-refractivity contribution in [3.05, 3.63) is 80.4 Å². The fourth-order valence-corrected chi connectivity index (χ4v) is 5.65. The Morgan fingerprint density at radius 1 is 1.00 bits per heavy atom. The molecule has 2 aromatic carbocycles. The predicted molar refractivity (Wildman–Crippen MR) is 137 cm³/mol. The van der Waals surface area contributed by atoms with Gasteiger partial charge in [-0.1, -0.05) is 41.6 Å². The minimum atomic E-state index is -0.0559. The van der Waals surface area contributed by atoms with E-state index in [0.717, 1.165) is 21.8 Å². The molecule has 3 heterocycles. The van der Waals surface area contributed by atoms with Crippen molar-refractivity contribution >= 4 is 50.7 Å². The number of aryl methyl sites for hydroxylation is 2. The summed E-state index contributed by atoms with van der Waals surface area (Å²) in [5.74, 6) is 2.59. The first-order valence-electron chi connectivity index (χ1n) is 10.5. The number of hydrogen-bond acceptors (Lipinski definition) is 7. The van der Waals surface area contributed by atoms with E-state index in [-0.39, 0.29) is 5.56 Å². The van der Waals surface area contributed by atoms with Crippen LogP contribution in [0.2, 0.25) is 5.02 Å². The number of thiophene rings is 1. The molecular weight excluding hydrogens is 492 g/mol. The van der Waals surface area contributed by atoms with Crippen LogP contribution >= 0.6 is 34.7 Å². The van der Waals surface area contributed by atoms with E-state index in [4.69, 9.17) is 21.1 Å². The van der Waals surface area contributed by atoms with Gasteiger partial charge >= 0.3 is 0 Å². The molecule has 0 unspecified atom stereocenters. The van der Waals surface area contributed by atoms with Crippen molar-refractivity contribution in [1.82, 2.24) is 19.2 Å². The first-order chi connectivity index (χ1) is 16.6. The minimum Gasteiger partial charge on any atom is -0.493 e. The van der Waals surface area contributed by atoms with Crippen LogP contribution in [0, 0.1) is 0 Å². The minimum absolute atomic E-state index is 0.0559. The van der Waals surface area contributed by atoms with E-state index in [0.29, 0.717) is 45.7 Å². The normalized spacial score (nSPS) is 11.4. The van der Waals surface area contributed by atoms with Gasteiger partial charge in [0.25, 0.3) is 5.56 Å². The van der Waals surface area contributed by atoms with Gasteiger partial charge in [-0.3, -0.25) is 13.8 Å². The Hall–Kier alpha value is -3.01. The maximum atomic E-state index is 13.3. The highest BCUT2D eigenvalue weighted by atomic mass is 35.5. The Morgan fingerprint density at radius 2 is 1.76 bits per heavy atom. The molecule has 3 aromatic heterocycles. The molecule has 34 heavy (non-hydrogen) atoms. The van der Waals surface area contributed by atoms with Gasteiger partial charge in [0, 0.05) is 17.3 Å². The molecule has 5 rings (SSSR count). The first kappa shape index (κ1) is 22.8. The Balaban J connectivity index is 1.49. The van der Waals surface area contributed by atoms with Crippen LogP contribution in [0.1, 0.15) is 11.1 Å². The molecule has 0 N–H and O–H groups in total. The molecule has 0 saturated heterocycles. The Kier molecular flexibility index (Phi) is 6.49. The van der Waals surface area contributed by atoms with Gasteiger partial charge in [-0.05, 0) is 53.3 Å². The Morgan fingerprint density at radius 3 is 2.53 bits per heavy atom. The van der Waals surface area contributed by atoms with Gasteiger partial charge in [0.15, 0.2) is 16.7 Å². The monoisotopic (exact) mass is 512 g/mol. The number of benzene rings is 2. The van der Waals surface area contributed by atoms with E-state index >= 15 is 0 Å². The van der Waals surface area contributed by atoms with Crippen LogP contribution in [0.4, 0.5) is 0 Å². The van der Waals surface area contributed by atoms with Crippen molar-refractivity contribution in [2.75, 3.05) is 14.2 Å². The Bertz CT molecular complexity index is 1530. The summed E-state index contributed by atoms with van der Waals surface area (Å²) in [6, 6.07) is 15.5. The van der Waals surface area contributed by atoms with Gasteiger partial charge in [-0.2, -0.15) is 0 Å². The molecule has 0 fully saturated rings. The van der Waals surface area contributed by atoms with Crippen LogP contribution in [0.25, 0.3) is 16.0 Å². The van der Waals surface area contributed by atoms with Crippen molar-refractivity contribution in [1.29, 1.82) is 0 Å². The van der Waals surface area contributed by atoms with Crippen LogP contribution < -0.4 is 15.0 Å². The standard InChI is InChI=1S/C24H21ClN4O3S2/c1-31-19-8-5-15(13-20(19)32-2)9-11-28-22(30)21-18(10-12-33-21)29-23(28)26-27-24(29)34-14-16-3-6-17(25)7-4-16/h3-8,10,12-13H,9,11,14H2,1-2H3. The molecule has 0 radical (unpaired) electrons. The molecule has 0 aliphatic carbocycles. The van der Waals surface area contributed by atoms with E-state index in [9.17, 15) is 4.79 Å². The lowest BCUT2D eigenvalue weighted by molar-refractivity contribution is 0.354. The fourth-order valence-electron chi connectivity index (χ4n) is 3.80. The predicted octanol–water partition coefficient (Wildman–Crippen LogP) is 5.31. The summed E-state index contributed by atoms with van der Waals surface area (Å²) in [6.07, 6.45) is 0.632. The van der Waals surface area contributed by atoms with Gasteiger partial charge in [0.1, 0.15) is 4.70 Å². The first-order valence-corrected chi connectivity index (χ1v) is 12.8. The van der Waals surface area contributed by atoms with Gasteiger partial charge in [0.2, 0.25) is 5.78 Å². The second-order valence-electron chi connectivity index (χ2n) is 7.56. The van der Waals surface area contributed by atoms with Crippen LogP contribution in [0.3, 0.4) is 0 Å². The third-order valence-corrected chi connectivity index (χ3v) is 7.68. The molecule has 10 heteroatoms. The van der Waals surface area contributed by atoms with E-state index < -0.39 is 0 Å². The van der Waals surface area contributed by atoms with E-state index in [2.05, 4.69) is 10.2 Å². The summed E-state index contributed by atoms with van der Waals surface area (Å²) < 4.78 is 15.1. The molecule has 0 bridgehead atoms. The second-order valence-corrected chi connectivity index (χ2v) is 9.86. The summed E-state index contributed by atoms with van der Waals surface area (Å²) in [6.45, 7) is 0.464. The summed E-state index contributed by atoms with van der Waals surface area (Å²) in [7, 11) is 3.22. The van der Waals surface area contributed by atoms with Crippen molar-refractivity contribution in [3.8, 4) is 11.5 Å². The second kappa shape index (κ2) is 9.69. The van der Waals surface area contributed by atoms with Gasteiger partial charge < -0.3 is 9.47 Å². The summed E-state index contributed by atoms with van der Waals surface area (Å²) in [5.41, 5.74) is 2.94. The lowest BCUT2D eigenvalue weighted by Crippen LogP contribution is -2.23. The summed E-state index contributed by atoms with van der Waals surface area (Å²) in [5, 5.41) is 12.2. The molecule has 7 nitrogen and oxygen atoms in total. The number of fused-ring (bicyclic) bond motifs is 3. The Labute approximate surface area is 208 Å². The highest BCUT2D eigenvalue weighted by Gasteiger charge is 2.18. The summed E-state index contributed by atoms with van der Waals surface area (Å²) in [4.78, 5) is 13.3. The molecular formula is C24H21ClN4O3S2. The number of hydrogen-bond donors (Lipinski definition) is 0. The van der Waals surface area contributed by atoms with Crippen molar-refractivity contribution in [2.24, 2.45) is 0 Å². The average molecular weight is 513 g/mol. The molecule has 0 saturated carbocycles. The number of rotatable bonds is 8. The molecule has 0 atom stereocenters. The third kappa shape index (κ3) is 4.26. The zero-order valence-electron chi connectivity index (χ0n) is 18.5. The highest BCUT2D eigenvalue weighted by Crippen LogP contribution is 2.29. The van der Waals surface area contributed by atoms with Crippen molar-refractivity contribution < 1.29 is 9.47 Å².